The Morgan fingerprint density at radius 3 is 2.24 bits per heavy atom. The minimum absolute atomic E-state index is 0.189. The lowest BCUT2D eigenvalue weighted by Gasteiger charge is -2.33. The molecule has 1 heterocycles. The fourth-order valence-electron chi connectivity index (χ4n) is 4.43. The van der Waals surface area contributed by atoms with E-state index in [0.717, 1.165) is 18.1 Å². The number of benzene rings is 3. The zero-order valence-electron chi connectivity index (χ0n) is 21.9. The van der Waals surface area contributed by atoms with Gasteiger partial charge in [-0.1, -0.05) is 50.2 Å². The number of aryl methyl sites for hydroxylation is 2. The molecule has 0 unspecified atom stereocenters. The average molecular weight is 525 g/mol. The largest absolute Gasteiger partial charge is 0.493 e. The van der Waals surface area contributed by atoms with Crippen molar-refractivity contribution >= 4 is 24.2 Å². The van der Waals surface area contributed by atoms with Crippen molar-refractivity contribution in [1.29, 1.82) is 0 Å². The first-order valence-electron chi connectivity index (χ1n) is 12.5. The quantitative estimate of drug-likeness (QED) is 0.387. The molecule has 1 aliphatic heterocycles. The molecule has 3 aromatic rings. The summed E-state index contributed by atoms with van der Waals surface area (Å²) < 4.78 is 58.7. The molecule has 0 aromatic heterocycles. The molecule has 1 saturated heterocycles. The van der Waals surface area contributed by atoms with Gasteiger partial charge in [0.15, 0.2) is 0 Å². The van der Waals surface area contributed by atoms with Crippen molar-refractivity contribution in [3.05, 3.63) is 88.5 Å². The van der Waals surface area contributed by atoms with E-state index in [1.807, 2.05) is 44.2 Å². The maximum Gasteiger partial charge on any atom is 0.493 e. The van der Waals surface area contributed by atoms with Gasteiger partial charge in [-0.3, -0.25) is 4.79 Å². The first kappa shape index (κ1) is 27.7. The summed E-state index contributed by atoms with van der Waals surface area (Å²) in [6.07, 6.45) is -3.93. The Hall–Kier alpha value is -3.30. The number of anilines is 1. The van der Waals surface area contributed by atoms with Crippen LogP contribution in [0.5, 0.6) is 5.75 Å². The molecule has 38 heavy (non-hydrogen) atoms. The Kier molecular flexibility index (Phi) is 8.18. The van der Waals surface area contributed by atoms with Gasteiger partial charge >= 0.3 is 13.3 Å². The number of alkyl halides is 3. The first-order valence-corrected chi connectivity index (χ1v) is 12.5. The molecular formula is C29H31BF3NO4. The van der Waals surface area contributed by atoms with Crippen LogP contribution >= 0.6 is 0 Å². The summed E-state index contributed by atoms with van der Waals surface area (Å²) in [6.45, 7) is 8.69. The van der Waals surface area contributed by atoms with Crippen molar-refractivity contribution in [2.45, 2.75) is 40.3 Å². The third kappa shape index (κ3) is 6.77. The maximum absolute atomic E-state index is 13.8. The zero-order chi connectivity index (χ0) is 27.5. The van der Waals surface area contributed by atoms with Gasteiger partial charge in [-0.15, -0.1) is 0 Å². The molecule has 1 N–H and O–H groups in total. The highest BCUT2D eigenvalue weighted by Crippen LogP contribution is 2.35. The first-order chi connectivity index (χ1) is 17.9. The monoisotopic (exact) mass is 525 g/mol. The van der Waals surface area contributed by atoms with E-state index in [0.29, 0.717) is 47.7 Å². The molecule has 1 aliphatic rings. The Bertz CT molecular complexity index is 1260. The predicted octanol–water partition coefficient (Wildman–Crippen LogP) is 5.96. The predicted molar refractivity (Wildman–Crippen MR) is 142 cm³/mol. The van der Waals surface area contributed by atoms with Gasteiger partial charge in [0.2, 0.25) is 0 Å². The summed E-state index contributed by atoms with van der Waals surface area (Å²) in [5.74, 6) is -0.0370. The minimum Gasteiger partial charge on any atom is -0.493 e. The van der Waals surface area contributed by atoms with E-state index in [1.54, 1.807) is 26.0 Å². The van der Waals surface area contributed by atoms with Gasteiger partial charge in [0.05, 0.1) is 17.9 Å². The van der Waals surface area contributed by atoms with Crippen LogP contribution in [0.2, 0.25) is 0 Å². The number of halogens is 3. The lowest BCUT2D eigenvalue weighted by Crippen LogP contribution is -2.47. The van der Waals surface area contributed by atoms with E-state index >= 15 is 0 Å². The zero-order valence-corrected chi connectivity index (χ0v) is 21.9. The second kappa shape index (κ2) is 11.2. The van der Waals surface area contributed by atoms with E-state index in [-0.39, 0.29) is 11.1 Å². The van der Waals surface area contributed by atoms with Crippen LogP contribution < -0.4 is 15.5 Å². The van der Waals surface area contributed by atoms with Gasteiger partial charge in [0.25, 0.3) is 5.91 Å². The average Bonchev–Trinajstić information content (AvgIpc) is 2.83. The lowest BCUT2D eigenvalue weighted by atomic mass is 9.75. The van der Waals surface area contributed by atoms with Crippen molar-refractivity contribution in [2.75, 3.05) is 25.1 Å². The molecule has 0 saturated carbocycles. The van der Waals surface area contributed by atoms with Crippen molar-refractivity contribution in [3.8, 4) is 5.75 Å². The molecule has 4 rings (SSSR count). The Balaban J connectivity index is 1.52. The summed E-state index contributed by atoms with van der Waals surface area (Å²) in [6, 6.07) is 16.9. The minimum atomic E-state index is -4.65. The van der Waals surface area contributed by atoms with Crippen molar-refractivity contribution in [3.63, 3.8) is 0 Å². The van der Waals surface area contributed by atoms with Crippen molar-refractivity contribution in [2.24, 2.45) is 5.41 Å². The van der Waals surface area contributed by atoms with Crippen LogP contribution in [0.3, 0.4) is 0 Å². The molecule has 3 aromatic carbocycles. The molecule has 0 bridgehead atoms. The van der Waals surface area contributed by atoms with Crippen LogP contribution in [0.25, 0.3) is 0 Å². The smallest absolute Gasteiger partial charge is 0.493 e. The Morgan fingerprint density at radius 1 is 1.00 bits per heavy atom. The maximum atomic E-state index is 13.8. The van der Waals surface area contributed by atoms with Crippen LogP contribution in [-0.2, 0) is 21.9 Å². The molecule has 0 radical (unpaired) electrons. The second-order valence-electron chi connectivity index (χ2n) is 10.4. The summed E-state index contributed by atoms with van der Waals surface area (Å²) in [5.41, 5.74) is 1.57. The van der Waals surface area contributed by atoms with Crippen molar-refractivity contribution in [1.82, 2.24) is 0 Å². The van der Waals surface area contributed by atoms with Gasteiger partial charge in [-0.05, 0) is 60.3 Å². The van der Waals surface area contributed by atoms with E-state index in [2.05, 4.69) is 5.32 Å². The lowest BCUT2D eigenvalue weighted by molar-refractivity contribution is -0.136. The Morgan fingerprint density at radius 2 is 1.63 bits per heavy atom. The van der Waals surface area contributed by atoms with E-state index in [1.165, 1.54) is 12.1 Å². The van der Waals surface area contributed by atoms with Crippen LogP contribution in [0.4, 0.5) is 18.9 Å². The second-order valence-corrected chi connectivity index (χ2v) is 10.4. The Labute approximate surface area is 221 Å². The number of carbonyl (C=O) groups excluding carboxylic acids is 1. The SMILES string of the molecule is Cc1cc(OCCc2ccccc2)cc(C)c1C(=O)Nc1cc(B2OCC(C)(C)CO2)ccc1C(F)(F)F. The normalized spacial score (nSPS) is 15.3. The topological polar surface area (TPSA) is 56.8 Å². The number of rotatable bonds is 7. The van der Waals surface area contributed by atoms with Gasteiger partial charge in [-0.25, -0.2) is 0 Å². The van der Waals surface area contributed by atoms with Crippen LogP contribution in [0.15, 0.2) is 60.7 Å². The summed E-state index contributed by atoms with van der Waals surface area (Å²) >= 11 is 0. The summed E-state index contributed by atoms with van der Waals surface area (Å²) in [5, 5.41) is 2.48. The van der Waals surface area contributed by atoms with Gasteiger partial charge in [0, 0.05) is 30.6 Å². The number of amides is 1. The number of carbonyl (C=O) groups is 1. The third-order valence-electron chi connectivity index (χ3n) is 6.36. The molecule has 0 spiro atoms. The van der Waals surface area contributed by atoms with Crippen LogP contribution in [0.1, 0.15) is 46.5 Å². The third-order valence-corrected chi connectivity index (χ3v) is 6.36. The fourth-order valence-corrected chi connectivity index (χ4v) is 4.43. The number of nitrogens with one attached hydrogen (secondary N) is 1. The van der Waals surface area contributed by atoms with E-state index < -0.39 is 24.8 Å². The molecular weight excluding hydrogens is 494 g/mol. The van der Waals surface area contributed by atoms with Gasteiger partial charge in [0.1, 0.15) is 5.75 Å². The van der Waals surface area contributed by atoms with Gasteiger partial charge in [-0.2, -0.15) is 13.2 Å². The summed E-state index contributed by atoms with van der Waals surface area (Å²) in [4.78, 5) is 13.2. The van der Waals surface area contributed by atoms with Crippen LogP contribution in [0, 0.1) is 19.3 Å². The highest BCUT2D eigenvalue weighted by Gasteiger charge is 2.37. The molecule has 0 aliphatic carbocycles. The van der Waals surface area contributed by atoms with E-state index in [9.17, 15) is 18.0 Å². The molecule has 1 amide bonds. The molecule has 5 nitrogen and oxygen atoms in total. The number of ether oxygens (including phenoxy) is 1. The molecule has 0 atom stereocenters. The highest BCUT2D eigenvalue weighted by molar-refractivity contribution is 6.61. The molecule has 9 heteroatoms. The standard InChI is InChI=1S/C29H31BF3NO4/c1-19-14-23(36-13-12-21-8-6-5-7-9-21)15-20(2)26(19)27(35)34-25-16-22(10-11-24(25)29(31,32)33)30-37-17-28(3,4)18-38-30/h5-11,14-16H,12-13,17-18H2,1-4H3,(H,34,35). The molecule has 1 fully saturated rings. The molecule has 200 valence electrons. The fraction of sp³-hybridized carbons (Fsp3) is 0.345. The van der Waals surface area contributed by atoms with Crippen molar-refractivity contribution < 1.29 is 32.0 Å². The number of hydrogen-bond acceptors (Lipinski definition) is 4. The van der Waals surface area contributed by atoms with E-state index in [4.69, 9.17) is 14.0 Å². The highest BCUT2D eigenvalue weighted by atomic mass is 19.4. The van der Waals surface area contributed by atoms with Crippen LogP contribution in [-0.4, -0.2) is 32.8 Å². The van der Waals surface area contributed by atoms with Gasteiger partial charge < -0.3 is 19.4 Å². The summed E-state index contributed by atoms with van der Waals surface area (Å²) in [7, 11) is -0.809. The number of hydrogen-bond donors (Lipinski definition) is 1.